The summed E-state index contributed by atoms with van der Waals surface area (Å²) in [5.41, 5.74) is 4.70. The minimum Gasteiger partial charge on any atom is -0.369 e. The highest BCUT2D eigenvalue weighted by atomic mass is 32.2. The van der Waals surface area contributed by atoms with Crippen molar-refractivity contribution in [2.24, 2.45) is 5.73 Å². The third kappa shape index (κ3) is 2.72. The van der Waals surface area contributed by atoms with Crippen LogP contribution in [-0.4, -0.2) is 20.1 Å². The molecule has 0 aromatic heterocycles. The zero-order chi connectivity index (χ0) is 11.6. The summed E-state index contributed by atoms with van der Waals surface area (Å²) in [6.07, 6.45) is 0. The average molecular weight is 235 g/mol. The highest BCUT2D eigenvalue weighted by Crippen LogP contribution is 2.14. The summed E-state index contributed by atoms with van der Waals surface area (Å²) in [7, 11) is -3.98. The predicted molar refractivity (Wildman–Crippen MR) is 47.6 cm³/mol. The van der Waals surface area contributed by atoms with Crippen LogP contribution in [0.15, 0.2) is 23.1 Å². The van der Waals surface area contributed by atoms with E-state index in [0.717, 1.165) is 6.07 Å². The van der Waals surface area contributed by atoms with E-state index in [2.05, 4.69) is 0 Å². The minimum atomic E-state index is -3.98. The van der Waals surface area contributed by atoms with Gasteiger partial charge in [-0.25, -0.2) is 17.2 Å². The second-order valence-corrected chi connectivity index (χ2v) is 4.79. The van der Waals surface area contributed by atoms with Gasteiger partial charge in [0.1, 0.15) is 5.75 Å². The molecule has 1 rings (SSSR count). The van der Waals surface area contributed by atoms with Crippen LogP contribution in [0.4, 0.5) is 8.78 Å². The zero-order valence-electron chi connectivity index (χ0n) is 7.41. The molecule has 0 saturated carbocycles. The molecule has 2 N–H and O–H groups in total. The van der Waals surface area contributed by atoms with Crippen molar-refractivity contribution in [1.29, 1.82) is 0 Å². The molecule has 1 amide bonds. The molecule has 1 aromatic rings. The van der Waals surface area contributed by atoms with Gasteiger partial charge in [0.05, 0.1) is 4.90 Å². The number of halogens is 2. The van der Waals surface area contributed by atoms with Gasteiger partial charge < -0.3 is 5.73 Å². The van der Waals surface area contributed by atoms with Crippen LogP contribution in [0.1, 0.15) is 0 Å². The zero-order valence-corrected chi connectivity index (χ0v) is 8.22. The van der Waals surface area contributed by atoms with Gasteiger partial charge in [0.2, 0.25) is 5.91 Å². The highest BCUT2D eigenvalue weighted by molar-refractivity contribution is 7.92. The summed E-state index contributed by atoms with van der Waals surface area (Å²) >= 11 is 0. The Morgan fingerprint density at radius 1 is 1.27 bits per heavy atom. The van der Waals surface area contributed by atoms with E-state index in [9.17, 15) is 22.0 Å². The summed E-state index contributed by atoms with van der Waals surface area (Å²) in [4.78, 5) is 9.94. The molecule has 0 bridgehead atoms. The molecular formula is C8H7F2NO3S. The van der Waals surface area contributed by atoms with E-state index in [-0.39, 0.29) is 0 Å². The van der Waals surface area contributed by atoms with Gasteiger partial charge in [-0.2, -0.15) is 0 Å². The molecule has 0 aliphatic rings. The topological polar surface area (TPSA) is 77.2 Å². The maximum absolute atomic E-state index is 12.7. The SMILES string of the molecule is NC(=O)CS(=O)(=O)c1ccc(F)c(F)c1. The second-order valence-electron chi connectivity index (χ2n) is 2.80. The Bertz CT molecular complexity index is 499. The number of sulfone groups is 1. The van der Waals surface area contributed by atoms with E-state index in [1.807, 2.05) is 0 Å². The molecule has 15 heavy (non-hydrogen) atoms. The number of benzene rings is 1. The maximum Gasteiger partial charge on any atom is 0.233 e. The second kappa shape index (κ2) is 3.93. The van der Waals surface area contributed by atoms with Crippen LogP contribution in [0.2, 0.25) is 0 Å². The number of primary amides is 1. The smallest absolute Gasteiger partial charge is 0.233 e. The number of amides is 1. The van der Waals surface area contributed by atoms with Crippen LogP contribution in [0.3, 0.4) is 0 Å². The van der Waals surface area contributed by atoms with Gasteiger partial charge in [0.15, 0.2) is 21.5 Å². The first-order valence-corrected chi connectivity index (χ1v) is 5.44. The minimum absolute atomic E-state index is 0.472. The number of carbonyl (C=O) groups is 1. The van der Waals surface area contributed by atoms with Crippen LogP contribution in [0, 0.1) is 11.6 Å². The maximum atomic E-state index is 12.7. The standard InChI is InChI=1S/C8H7F2NO3S/c9-6-2-1-5(3-7(6)10)15(13,14)4-8(11)12/h1-3H,4H2,(H2,11,12). The lowest BCUT2D eigenvalue weighted by molar-refractivity contribution is -0.115. The molecular weight excluding hydrogens is 228 g/mol. The lowest BCUT2D eigenvalue weighted by atomic mass is 10.3. The van der Waals surface area contributed by atoms with Crippen molar-refractivity contribution in [3.8, 4) is 0 Å². The van der Waals surface area contributed by atoms with Crippen molar-refractivity contribution in [1.82, 2.24) is 0 Å². The fourth-order valence-electron chi connectivity index (χ4n) is 0.941. The Morgan fingerprint density at radius 3 is 2.33 bits per heavy atom. The molecule has 0 saturated heterocycles. The van der Waals surface area contributed by atoms with Gasteiger partial charge in [-0.15, -0.1) is 0 Å². The van der Waals surface area contributed by atoms with Gasteiger partial charge in [-0.1, -0.05) is 0 Å². The van der Waals surface area contributed by atoms with Crippen LogP contribution in [0.25, 0.3) is 0 Å². The van der Waals surface area contributed by atoms with Gasteiger partial charge in [0.25, 0.3) is 0 Å². The lowest BCUT2D eigenvalue weighted by Crippen LogP contribution is -2.23. The van der Waals surface area contributed by atoms with Crippen molar-refractivity contribution < 1.29 is 22.0 Å². The largest absolute Gasteiger partial charge is 0.369 e. The molecule has 0 atom stereocenters. The molecule has 0 fully saturated rings. The normalized spacial score (nSPS) is 11.3. The summed E-state index contributed by atoms with van der Waals surface area (Å²) in [6, 6.07) is 2.05. The summed E-state index contributed by atoms with van der Waals surface area (Å²) in [5, 5.41) is 0. The summed E-state index contributed by atoms with van der Waals surface area (Å²) in [6.45, 7) is 0. The van der Waals surface area contributed by atoms with Crippen molar-refractivity contribution in [3.63, 3.8) is 0 Å². The molecule has 0 unspecified atom stereocenters. The molecule has 0 aliphatic carbocycles. The molecule has 82 valence electrons. The number of nitrogens with two attached hydrogens (primary N) is 1. The average Bonchev–Trinajstić information content (AvgIpc) is 2.07. The molecule has 1 aromatic carbocycles. The molecule has 7 heteroatoms. The van der Waals surface area contributed by atoms with Crippen LogP contribution < -0.4 is 5.73 Å². The van der Waals surface area contributed by atoms with Gasteiger partial charge in [-0.05, 0) is 18.2 Å². The third-order valence-corrected chi connectivity index (χ3v) is 3.22. The first-order chi connectivity index (χ1) is 6.83. The molecule has 4 nitrogen and oxygen atoms in total. The molecule has 0 aliphatic heterocycles. The monoisotopic (exact) mass is 235 g/mol. The van der Waals surface area contributed by atoms with Crippen LogP contribution in [0.5, 0.6) is 0 Å². The Balaban J connectivity index is 3.17. The first kappa shape index (κ1) is 11.6. The van der Waals surface area contributed by atoms with Crippen LogP contribution >= 0.6 is 0 Å². The quantitative estimate of drug-likeness (QED) is 0.761. The van der Waals surface area contributed by atoms with Crippen molar-refractivity contribution in [2.75, 3.05) is 5.75 Å². The summed E-state index contributed by atoms with van der Waals surface area (Å²) in [5.74, 6) is -4.44. The number of carbonyl (C=O) groups excluding carboxylic acids is 1. The van der Waals surface area contributed by atoms with E-state index >= 15 is 0 Å². The van der Waals surface area contributed by atoms with Gasteiger partial charge in [0, 0.05) is 0 Å². The van der Waals surface area contributed by atoms with E-state index in [4.69, 9.17) is 5.73 Å². The van der Waals surface area contributed by atoms with Gasteiger partial charge >= 0.3 is 0 Å². The summed E-state index contributed by atoms with van der Waals surface area (Å²) < 4.78 is 47.8. The lowest BCUT2D eigenvalue weighted by Gasteiger charge is -2.02. The van der Waals surface area contributed by atoms with E-state index in [0.29, 0.717) is 12.1 Å². The van der Waals surface area contributed by atoms with Crippen molar-refractivity contribution >= 4 is 15.7 Å². The van der Waals surface area contributed by atoms with Crippen molar-refractivity contribution in [2.45, 2.75) is 4.90 Å². The highest BCUT2D eigenvalue weighted by Gasteiger charge is 2.19. The van der Waals surface area contributed by atoms with Crippen molar-refractivity contribution in [3.05, 3.63) is 29.8 Å². The molecule has 0 spiro atoms. The fraction of sp³-hybridized carbons (Fsp3) is 0.125. The number of rotatable bonds is 3. The fourth-order valence-corrected chi connectivity index (χ4v) is 2.04. The van der Waals surface area contributed by atoms with E-state index in [1.165, 1.54) is 0 Å². The van der Waals surface area contributed by atoms with E-state index < -0.39 is 38.0 Å². The molecule has 0 heterocycles. The Kier molecular flexibility index (Phi) is 3.04. The van der Waals surface area contributed by atoms with Gasteiger partial charge in [-0.3, -0.25) is 4.79 Å². The Morgan fingerprint density at radius 2 is 1.87 bits per heavy atom. The third-order valence-electron chi connectivity index (χ3n) is 1.58. The molecule has 0 radical (unpaired) electrons. The van der Waals surface area contributed by atoms with E-state index in [1.54, 1.807) is 0 Å². The first-order valence-electron chi connectivity index (χ1n) is 3.79. The van der Waals surface area contributed by atoms with Crippen LogP contribution in [-0.2, 0) is 14.6 Å². The Hall–Kier alpha value is -1.50. The number of hydrogen-bond acceptors (Lipinski definition) is 3. The number of hydrogen-bond donors (Lipinski definition) is 1. The Labute approximate surface area is 84.6 Å². The predicted octanol–water partition coefficient (Wildman–Crippen LogP) is 0.224.